The van der Waals surface area contributed by atoms with E-state index in [1.165, 1.54) is 9.03 Å². The molecule has 0 unspecified atom stereocenters. The van der Waals surface area contributed by atoms with Crippen molar-refractivity contribution in [1.82, 2.24) is 23.9 Å². The number of hydrogen-bond donors (Lipinski definition) is 5. The Labute approximate surface area is 92.9 Å². The van der Waals surface area contributed by atoms with Gasteiger partial charge >= 0.3 is 11.6 Å². The molecular weight excluding hydrogens is 226 g/mol. The van der Waals surface area contributed by atoms with Gasteiger partial charge in [-0.2, -0.15) is 4.52 Å². The van der Waals surface area contributed by atoms with Crippen LogP contribution in [0.5, 0.6) is 0 Å². The molecule has 0 saturated carbocycles. The highest BCUT2D eigenvalue weighted by Crippen LogP contribution is 2.04. The van der Waals surface area contributed by atoms with Crippen molar-refractivity contribution >= 4 is 23.2 Å². The molecule has 11 nitrogen and oxygen atoms in total. The number of hydrogen-bond acceptors (Lipinski definition) is 7. The van der Waals surface area contributed by atoms with Crippen LogP contribution < -0.4 is 33.4 Å². The highest BCUT2D eigenvalue weighted by atomic mass is 15.5. The van der Waals surface area contributed by atoms with Crippen LogP contribution in [-0.2, 0) is 0 Å². The van der Waals surface area contributed by atoms with Gasteiger partial charge in [0, 0.05) is 5.10 Å². The summed E-state index contributed by atoms with van der Waals surface area (Å²) in [6, 6.07) is 1.57. The van der Waals surface area contributed by atoms with Gasteiger partial charge in [0.05, 0.1) is 6.07 Å². The van der Waals surface area contributed by atoms with Crippen molar-refractivity contribution < 1.29 is 4.68 Å². The van der Waals surface area contributed by atoms with E-state index in [0.717, 1.165) is 9.35 Å². The summed E-state index contributed by atoms with van der Waals surface area (Å²) in [5, 5.41) is 15.7. The largest absolute Gasteiger partial charge is 0.397 e. The van der Waals surface area contributed by atoms with Crippen LogP contribution in [0.25, 0.3) is 11.3 Å². The predicted octanol–water partition coefficient (Wildman–Crippen LogP) is -3.86. The Balaban J connectivity index is 2.66. The zero-order chi connectivity index (χ0) is 12.3. The summed E-state index contributed by atoms with van der Waals surface area (Å²) in [6.07, 6.45) is 0. The lowest BCUT2D eigenvalue weighted by molar-refractivity contribution is -0.597. The monoisotopic (exact) mass is 236 g/mol. The van der Waals surface area contributed by atoms with Crippen LogP contribution in [0.3, 0.4) is 0 Å². The second-order valence-electron chi connectivity index (χ2n) is 3.46. The zero-order valence-electron chi connectivity index (χ0n) is 8.57. The third-order valence-electron chi connectivity index (χ3n) is 2.49. The second kappa shape index (κ2) is 2.58. The molecule has 0 atom stereocenters. The molecule has 11 heteroatoms. The summed E-state index contributed by atoms with van der Waals surface area (Å²) in [5.41, 5.74) is 11.8. The van der Waals surface area contributed by atoms with E-state index in [1.807, 2.05) is 0 Å². The number of nitrogens with zero attached hydrogens (tertiary/aromatic N) is 6. The van der Waals surface area contributed by atoms with E-state index in [1.54, 1.807) is 6.07 Å². The van der Waals surface area contributed by atoms with Crippen molar-refractivity contribution in [2.45, 2.75) is 0 Å². The maximum Gasteiger partial charge on any atom is 0.397 e. The smallest absolute Gasteiger partial charge is 0.367 e. The lowest BCUT2D eigenvalue weighted by Gasteiger charge is -1.95. The number of nitrogens with two attached hydrogens (primary N) is 4. The van der Waals surface area contributed by atoms with Gasteiger partial charge in [-0.05, 0) is 0 Å². The average Bonchev–Trinajstić information content (AvgIpc) is 2.73. The zero-order valence-corrected chi connectivity index (χ0v) is 8.57. The first-order valence-corrected chi connectivity index (χ1v) is 4.56. The summed E-state index contributed by atoms with van der Waals surface area (Å²) >= 11 is 0. The van der Waals surface area contributed by atoms with E-state index in [2.05, 4.69) is 10.2 Å². The Morgan fingerprint density at radius 3 is 2.65 bits per heavy atom. The molecule has 0 aromatic carbocycles. The number of nitrogen functional groups attached to an aromatic ring is 4. The lowest BCUT2D eigenvalue weighted by atomic mass is 10.6. The molecule has 0 saturated heterocycles. The highest BCUT2D eigenvalue weighted by molar-refractivity contribution is 5.52. The highest BCUT2D eigenvalue weighted by Gasteiger charge is 2.19. The van der Waals surface area contributed by atoms with Crippen LogP contribution in [0.4, 0.5) is 11.9 Å². The third kappa shape index (κ3) is 0.940. The van der Waals surface area contributed by atoms with Crippen molar-refractivity contribution in [3.05, 3.63) is 11.7 Å². The van der Waals surface area contributed by atoms with Gasteiger partial charge in [0.1, 0.15) is 0 Å². The van der Waals surface area contributed by atoms with Crippen molar-refractivity contribution in [3.63, 3.8) is 0 Å². The van der Waals surface area contributed by atoms with Crippen LogP contribution in [0.1, 0.15) is 0 Å². The van der Waals surface area contributed by atoms with Crippen molar-refractivity contribution in [3.8, 4) is 0 Å². The number of rotatable bonds is 0. The first-order valence-electron chi connectivity index (χ1n) is 4.56. The minimum atomic E-state index is -0.0655. The Morgan fingerprint density at radius 2 is 1.94 bits per heavy atom. The van der Waals surface area contributed by atoms with E-state index in [0.29, 0.717) is 11.3 Å². The van der Waals surface area contributed by atoms with Crippen LogP contribution in [0, 0.1) is 5.41 Å². The summed E-state index contributed by atoms with van der Waals surface area (Å²) < 4.78 is 4.74. The van der Waals surface area contributed by atoms with Gasteiger partial charge in [0.15, 0.2) is 5.65 Å². The second-order valence-corrected chi connectivity index (χ2v) is 3.46. The summed E-state index contributed by atoms with van der Waals surface area (Å²) in [4.78, 5) is 0. The van der Waals surface area contributed by atoms with Crippen molar-refractivity contribution in [1.29, 1.82) is 5.41 Å². The van der Waals surface area contributed by atoms with Crippen molar-refractivity contribution in [2.24, 2.45) is 0 Å². The van der Waals surface area contributed by atoms with E-state index in [9.17, 15) is 0 Å². The molecule has 0 spiro atoms. The average molecular weight is 236 g/mol. The van der Waals surface area contributed by atoms with Gasteiger partial charge in [-0.3, -0.25) is 11.3 Å². The maximum atomic E-state index is 7.90. The number of nitrogens with one attached hydrogen (secondary N) is 1. The third-order valence-corrected chi connectivity index (χ3v) is 2.49. The molecule has 0 aliphatic carbocycles. The van der Waals surface area contributed by atoms with E-state index >= 15 is 0 Å². The molecule has 0 fully saturated rings. The van der Waals surface area contributed by atoms with E-state index < -0.39 is 0 Å². The Bertz CT molecular complexity index is 737. The first-order chi connectivity index (χ1) is 8.00. The molecule has 3 rings (SSSR count). The molecule has 3 heterocycles. The Hall–Kier alpha value is -2.98. The molecule has 0 aliphatic rings. The number of aromatic nitrogens is 6. The Kier molecular flexibility index (Phi) is 1.40. The lowest BCUT2D eigenvalue weighted by Crippen LogP contribution is -2.46. The Morgan fingerprint density at radius 1 is 1.24 bits per heavy atom. The predicted molar refractivity (Wildman–Crippen MR) is 57.1 cm³/mol. The fourth-order valence-electron chi connectivity index (χ4n) is 1.62. The summed E-state index contributed by atoms with van der Waals surface area (Å²) in [5.74, 6) is 11.5. The van der Waals surface area contributed by atoms with Crippen LogP contribution in [0.15, 0.2) is 6.07 Å². The van der Waals surface area contributed by atoms with Gasteiger partial charge in [0.2, 0.25) is 5.95 Å². The molecular formula is C6H10N11+. The normalized spacial score (nSPS) is 11.5. The van der Waals surface area contributed by atoms with Gasteiger partial charge in [-0.15, -0.1) is 9.77 Å². The quantitative estimate of drug-likeness (QED) is 0.197. The van der Waals surface area contributed by atoms with Crippen LogP contribution in [0.2, 0.25) is 0 Å². The topological polar surface area (TPSA) is 171 Å². The maximum absolute atomic E-state index is 7.90. The first kappa shape index (κ1) is 9.26. The fraction of sp³-hybridized carbons (Fsp3) is 0. The fourth-order valence-corrected chi connectivity index (χ4v) is 1.62. The minimum Gasteiger partial charge on any atom is -0.367 e. The molecule has 88 valence electrons. The molecule has 0 amide bonds. The van der Waals surface area contributed by atoms with Crippen LogP contribution in [-0.4, -0.2) is 23.9 Å². The van der Waals surface area contributed by atoms with E-state index in [4.69, 9.17) is 28.6 Å². The van der Waals surface area contributed by atoms with E-state index in [-0.39, 0.29) is 17.5 Å². The molecule has 9 N–H and O–H groups in total. The standard InChI is InChI=1S/C6H10N11/c7-4-12-16-2(14(4)10)1-3-15(11)5(8)13-17(3)6(16)9/h1,9H,10-11H2,(H2,7,12)(H2,8,13)/q+1. The van der Waals surface area contributed by atoms with Gasteiger partial charge in [-0.25, -0.2) is 4.68 Å². The van der Waals surface area contributed by atoms with Gasteiger partial charge in [-0.1, -0.05) is 4.52 Å². The molecule has 17 heavy (non-hydrogen) atoms. The molecule has 0 aliphatic heterocycles. The van der Waals surface area contributed by atoms with Crippen molar-refractivity contribution in [2.75, 3.05) is 23.2 Å². The number of fused-ring (bicyclic) bond motifs is 2. The SMILES string of the molecule is N=c1n2nc(N)n(N)c2cc2n1nc(N)[n+]2N. The summed E-state index contributed by atoms with van der Waals surface area (Å²) in [6.45, 7) is 0. The van der Waals surface area contributed by atoms with Gasteiger partial charge < -0.3 is 17.3 Å². The molecule has 0 radical (unpaired) electrons. The molecule has 3 aromatic heterocycles. The number of anilines is 2. The molecule has 0 bridgehead atoms. The minimum absolute atomic E-state index is 0.0655. The van der Waals surface area contributed by atoms with Crippen LogP contribution >= 0.6 is 0 Å². The summed E-state index contributed by atoms with van der Waals surface area (Å²) in [7, 11) is 0. The molecule has 3 aromatic rings. The van der Waals surface area contributed by atoms with Gasteiger partial charge in [0.25, 0.3) is 5.65 Å².